The van der Waals surface area contributed by atoms with E-state index >= 15 is 0 Å². The highest BCUT2D eigenvalue weighted by Crippen LogP contribution is 2.31. The molecule has 0 unspecified atom stereocenters. The van der Waals surface area contributed by atoms with E-state index in [9.17, 15) is 5.11 Å². The van der Waals surface area contributed by atoms with Crippen molar-refractivity contribution in [3.05, 3.63) is 28.4 Å². The Bertz CT molecular complexity index is 305. The third kappa shape index (κ3) is 3.16. The molecule has 0 heterocycles. The van der Waals surface area contributed by atoms with Gasteiger partial charge in [-0.2, -0.15) is 0 Å². The minimum atomic E-state index is -0.753. The van der Waals surface area contributed by atoms with Gasteiger partial charge < -0.3 is 5.11 Å². The van der Waals surface area contributed by atoms with Gasteiger partial charge in [-0.25, -0.2) is 0 Å². The normalized spacial score (nSPS) is 11.8. The van der Waals surface area contributed by atoms with E-state index in [1.54, 1.807) is 0 Å². The Labute approximate surface area is 119 Å². The lowest BCUT2D eigenvalue weighted by Crippen LogP contribution is -2.19. The molecular weight excluding hydrogens is 505 g/mol. The van der Waals surface area contributed by atoms with Crippen LogP contribution in [0.25, 0.3) is 0 Å². The van der Waals surface area contributed by atoms with Crippen molar-refractivity contribution < 1.29 is 5.11 Å². The molecule has 0 bridgehead atoms. The highest BCUT2D eigenvalue weighted by molar-refractivity contribution is 14.1. The topological polar surface area (TPSA) is 20.2 Å². The molecule has 4 heteroatoms. The van der Waals surface area contributed by atoms with Crippen LogP contribution in [0.4, 0.5) is 0 Å². The molecule has 0 fully saturated rings. The van der Waals surface area contributed by atoms with Crippen molar-refractivity contribution in [3.8, 4) is 0 Å². The second-order valence-corrected chi connectivity index (χ2v) is 6.87. The monoisotopic (exact) mass is 514 g/mol. The number of aliphatic hydroxyl groups is 1. The lowest BCUT2D eigenvalue weighted by molar-refractivity contribution is 0.0768. The maximum atomic E-state index is 9.93. The largest absolute Gasteiger partial charge is 0.386 e. The average Bonchev–Trinajstić information content (AvgIpc) is 1.78. The van der Waals surface area contributed by atoms with Crippen LogP contribution in [-0.2, 0) is 5.60 Å². The highest BCUT2D eigenvalue weighted by Gasteiger charge is 2.22. The zero-order valence-electron chi connectivity index (χ0n) is 7.24. The van der Waals surface area contributed by atoms with Gasteiger partial charge in [0.15, 0.2) is 0 Å². The van der Waals surface area contributed by atoms with Gasteiger partial charge in [0.05, 0.1) is 5.60 Å². The molecule has 0 atom stereocenters. The van der Waals surface area contributed by atoms with Gasteiger partial charge in [0, 0.05) is 16.3 Å². The molecule has 1 aromatic carbocycles. The first-order valence-corrected chi connectivity index (χ1v) is 6.93. The predicted molar refractivity (Wildman–Crippen MR) is 79.8 cm³/mol. The van der Waals surface area contributed by atoms with Crippen molar-refractivity contribution >= 4 is 67.8 Å². The molecule has 1 rings (SSSR count). The second-order valence-electron chi connectivity index (χ2n) is 3.30. The minimum Gasteiger partial charge on any atom is -0.386 e. The van der Waals surface area contributed by atoms with E-state index in [0.29, 0.717) is 0 Å². The molecule has 0 aliphatic carbocycles. The Kier molecular flexibility index (Phi) is 4.29. The van der Waals surface area contributed by atoms with Crippen LogP contribution >= 0.6 is 67.8 Å². The van der Waals surface area contributed by atoms with Crippen molar-refractivity contribution in [1.82, 2.24) is 0 Å². The molecule has 1 nitrogen and oxygen atoms in total. The van der Waals surface area contributed by atoms with Gasteiger partial charge in [0.2, 0.25) is 0 Å². The van der Waals surface area contributed by atoms with Crippen LogP contribution in [0.5, 0.6) is 0 Å². The molecule has 0 aliphatic heterocycles. The standard InChI is InChI=1S/C9H9I3O/c1-9(2,13)8-6(11)3-5(10)4-7(8)12/h3-4,13H,1-2H3. The molecule has 0 aromatic heterocycles. The lowest BCUT2D eigenvalue weighted by atomic mass is 9.99. The molecule has 0 radical (unpaired) electrons. The summed E-state index contributed by atoms with van der Waals surface area (Å²) in [6, 6.07) is 4.16. The van der Waals surface area contributed by atoms with Crippen molar-refractivity contribution in [3.63, 3.8) is 0 Å². The molecule has 13 heavy (non-hydrogen) atoms. The number of hydrogen-bond donors (Lipinski definition) is 1. The van der Waals surface area contributed by atoms with E-state index in [0.717, 1.165) is 12.7 Å². The molecule has 0 amide bonds. The van der Waals surface area contributed by atoms with Crippen LogP contribution in [-0.4, -0.2) is 5.11 Å². The van der Waals surface area contributed by atoms with Gasteiger partial charge in [-0.3, -0.25) is 0 Å². The number of hydrogen-bond acceptors (Lipinski definition) is 1. The molecule has 0 saturated heterocycles. The summed E-state index contributed by atoms with van der Waals surface area (Å²) in [7, 11) is 0. The van der Waals surface area contributed by atoms with Gasteiger partial charge >= 0.3 is 0 Å². The summed E-state index contributed by atoms with van der Waals surface area (Å²) in [6.45, 7) is 3.64. The molecular formula is C9H9I3O. The predicted octanol–water partition coefficient (Wildman–Crippen LogP) is 3.73. The number of halogens is 3. The molecule has 72 valence electrons. The van der Waals surface area contributed by atoms with Gasteiger partial charge in [0.1, 0.15) is 0 Å². The Morgan fingerprint density at radius 2 is 1.46 bits per heavy atom. The van der Waals surface area contributed by atoms with E-state index in [2.05, 4.69) is 79.9 Å². The fourth-order valence-electron chi connectivity index (χ4n) is 1.13. The molecule has 0 saturated carbocycles. The molecule has 0 spiro atoms. The molecule has 1 N–H and O–H groups in total. The Morgan fingerprint density at radius 1 is 1.08 bits per heavy atom. The van der Waals surface area contributed by atoms with E-state index in [4.69, 9.17) is 0 Å². The van der Waals surface area contributed by atoms with Gasteiger partial charge in [-0.05, 0) is 93.8 Å². The summed E-state index contributed by atoms with van der Waals surface area (Å²) in [6.07, 6.45) is 0. The summed E-state index contributed by atoms with van der Waals surface area (Å²) >= 11 is 6.82. The van der Waals surface area contributed by atoms with Crippen molar-refractivity contribution in [1.29, 1.82) is 0 Å². The van der Waals surface area contributed by atoms with E-state index in [1.165, 1.54) is 3.57 Å². The average molecular weight is 514 g/mol. The second kappa shape index (κ2) is 4.48. The zero-order chi connectivity index (χ0) is 10.2. The third-order valence-corrected chi connectivity index (χ3v) is 3.94. The molecule has 1 aromatic rings. The Morgan fingerprint density at radius 3 is 1.77 bits per heavy atom. The van der Waals surface area contributed by atoms with Crippen LogP contribution in [0.2, 0.25) is 0 Å². The van der Waals surface area contributed by atoms with Crippen molar-refractivity contribution in [2.24, 2.45) is 0 Å². The Hall–Kier alpha value is 1.37. The van der Waals surface area contributed by atoms with Gasteiger partial charge in [-0.15, -0.1) is 0 Å². The maximum Gasteiger partial charge on any atom is 0.0861 e. The molecule has 0 aliphatic rings. The SMILES string of the molecule is CC(C)(O)c1c(I)cc(I)cc1I. The summed E-state index contributed by atoms with van der Waals surface area (Å²) in [5.74, 6) is 0. The third-order valence-electron chi connectivity index (χ3n) is 1.62. The highest BCUT2D eigenvalue weighted by atomic mass is 127. The zero-order valence-corrected chi connectivity index (χ0v) is 13.7. The Balaban J connectivity index is 3.38. The first-order chi connectivity index (χ1) is 5.82. The summed E-state index contributed by atoms with van der Waals surface area (Å²) in [4.78, 5) is 0. The summed E-state index contributed by atoms with van der Waals surface area (Å²) in [5.41, 5.74) is 0.270. The van der Waals surface area contributed by atoms with Crippen LogP contribution in [0.1, 0.15) is 19.4 Å². The van der Waals surface area contributed by atoms with Crippen molar-refractivity contribution in [2.45, 2.75) is 19.4 Å². The lowest BCUT2D eigenvalue weighted by Gasteiger charge is -2.21. The van der Waals surface area contributed by atoms with Crippen LogP contribution in [0, 0.1) is 10.7 Å². The minimum absolute atomic E-state index is 0.753. The van der Waals surface area contributed by atoms with Crippen LogP contribution < -0.4 is 0 Å². The first-order valence-electron chi connectivity index (χ1n) is 3.70. The number of benzene rings is 1. The van der Waals surface area contributed by atoms with Crippen molar-refractivity contribution in [2.75, 3.05) is 0 Å². The van der Waals surface area contributed by atoms with Crippen LogP contribution in [0.3, 0.4) is 0 Å². The maximum absolute atomic E-state index is 9.93. The smallest absolute Gasteiger partial charge is 0.0861 e. The van der Waals surface area contributed by atoms with E-state index < -0.39 is 5.60 Å². The van der Waals surface area contributed by atoms with E-state index in [1.807, 2.05) is 13.8 Å². The first kappa shape index (κ1) is 12.4. The number of rotatable bonds is 1. The fourth-order valence-corrected chi connectivity index (χ4v) is 6.03. The fraction of sp³-hybridized carbons (Fsp3) is 0.333. The van der Waals surface area contributed by atoms with Gasteiger partial charge in [-0.1, -0.05) is 0 Å². The van der Waals surface area contributed by atoms with E-state index in [-0.39, 0.29) is 0 Å². The summed E-state index contributed by atoms with van der Waals surface area (Å²) in [5, 5.41) is 9.93. The quantitative estimate of drug-likeness (QED) is 0.568. The van der Waals surface area contributed by atoms with Crippen LogP contribution in [0.15, 0.2) is 12.1 Å². The van der Waals surface area contributed by atoms with Gasteiger partial charge in [0.25, 0.3) is 0 Å². The summed E-state index contributed by atoms with van der Waals surface area (Å²) < 4.78 is 3.46.